The van der Waals surface area contributed by atoms with Gasteiger partial charge in [0.25, 0.3) is 0 Å². The lowest BCUT2D eigenvalue weighted by molar-refractivity contribution is -0.152. The van der Waals surface area contributed by atoms with Crippen molar-refractivity contribution >= 4 is 23.7 Å². The number of H-pyrrole nitrogens is 1. The molecular weight excluding hydrogens is 464 g/mol. The molecule has 0 saturated heterocycles. The highest BCUT2D eigenvalue weighted by Gasteiger charge is 2.68. The van der Waals surface area contributed by atoms with Crippen LogP contribution in [0.4, 0.5) is 8.78 Å². The van der Waals surface area contributed by atoms with Crippen molar-refractivity contribution in [1.29, 1.82) is 0 Å². The van der Waals surface area contributed by atoms with Crippen LogP contribution in [0.15, 0.2) is 60.0 Å². The van der Waals surface area contributed by atoms with Gasteiger partial charge in [-0.25, -0.2) is 13.8 Å². The molecule has 2 fully saturated rings. The van der Waals surface area contributed by atoms with Gasteiger partial charge in [-0.05, 0) is 30.4 Å². The van der Waals surface area contributed by atoms with Gasteiger partial charge in [-0.2, -0.15) is 5.10 Å². The summed E-state index contributed by atoms with van der Waals surface area (Å²) >= 11 is 1.42. The van der Waals surface area contributed by atoms with Gasteiger partial charge < -0.3 is 9.47 Å². The van der Waals surface area contributed by atoms with E-state index in [1.165, 1.54) is 30.2 Å². The maximum absolute atomic E-state index is 13.9. The van der Waals surface area contributed by atoms with Crippen molar-refractivity contribution in [1.82, 2.24) is 15.2 Å². The average Bonchev–Trinajstić information content (AvgIpc) is 3.15. The predicted octanol–water partition coefficient (Wildman–Crippen LogP) is 3.91. The summed E-state index contributed by atoms with van der Waals surface area (Å²) in [5, 5.41) is 7.14. The van der Waals surface area contributed by atoms with Gasteiger partial charge in [0.15, 0.2) is 5.16 Å². The number of carbonyl (C=O) groups is 2. The molecule has 5 unspecified atom stereocenters. The third kappa shape index (κ3) is 4.54. The first-order valence-corrected chi connectivity index (χ1v) is 11.7. The van der Waals surface area contributed by atoms with E-state index in [0.29, 0.717) is 11.6 Å². The van der Waals surface area contributed by atoms with Gasteiger partial charge in [0.2, 0.25) is 0 Å². The molecule has 1 aromatic heterocycles. The average molecular weight is 486 g/mol. The van der Waals surface area contributed by atoms with Gasteiger partial charge in [-0.1, -0.05) is 48.2 Å². The number of fused-ring (bicyclic) bond motifs is 1. The Morgan fingerprint density at radius 1 is 0.941 bits per heavy atom. The first-order chi connectivity index (χ1) is 16.5. The fraction of sp³-hybridized carbons (Fsp3) is 0.333. The Balaban J connectivity index is 1.26. The van der Waals surface area contributed by atoms with E-state index in [4.69, 9.17) is 9.47 Å². The minimum atomic E-state index is -0.525. The topological polar surface area (TPSA) is 94.2 Å². The molecule has 1 heterocycles. The Morgan fingerprint density at radius 3 is 2.15 bits per heavy atom. The molecule has 1 N–H and O–H groups in total. The summed E-state index contributed by atoms with van der Waals surface area (Å²) in [6.45, 7) is -0.356. The lowest BCUT2D eigenvalue weighted by atomic mass is 10.00. The maximum Gasteiger partial charge on any atom is 0.309 e. The molecule has 2 saturated carbocycles. The molecule has 5 rings (SSSR count). The number of esters is 2. The van der Waals surface area contributed by atoms with Crippen LogP contribution >= 0.6 is 11.8 Å². The number of thioether (sulfide) groups is 1. The summed E-state index contributed by atoms with van der Waals surface area (Å²) in [6.07, 6.45) is 1.88. The molecule has 176 valence electrons. The second kappa shape index (κ2) is 9.54. The van der Waals surface area contributed by atoms with Crippen LogP contribution in [0.1, 0.15) is 17.5 Å². The van der Waals surface area contributed by atoms with Crippen LogP contribution in [0.3, 0.4) is 0 Å². The van der Waals surface area contributed by atoms with Crippen molar-refractivity contribution in [3.63, 3.8) is 0 Å². The van der Waals surface area contributed by atoms with Crippen molar-refractivity contribution in [3.05, 3.63) is 77.6 Å². The molecule has 0 bridgehead atoms. The van der Waals surface area contributed by atoms with Gasteiger partial charge in [0, 0.05) is 16.4 Å². The highest BCUT2D eigenvalue weighted by Crippen LogP contribution is 2.64. The quantitative estimate of drug-likeness (QED) is 0.484. The van der Waals surface area contributed by atoms with E-state index >= 15 is 0 Å². The molecule has 3 aromatic rings. The third-order valence-electron chi connectivity index (χ3n) is 6.40. The molecule has 7 nitrogen and oxygen atoms in total. The van der Waals surface area contributed by atoms with Crippen molar-refractivity contribution in [2.75, 3.05) is 0 Å². The normalized spacial score (nSPS) is 24.9. The number of benzene rings is 2. The summed E-state index contributed by atoms with van der Waals surface area (Å²) in [6, 6.07) is 12.2. The molecule has 0 radical (unpaired) electrons. The number of aromatic nitrogens is 3. The van der Waals surface area contributed by atoms with Gasteiger partial charge in [-0.15, -0.1) is 0 Å². The largest absolute Gasteiger partial charge is 0.460 e. The van der Waals surface area contributed by atoms with Crippen LogP contribution in [0.5, 0.6) is 0 Å². The van der Waals surface area contributed by atoms with Crippen LogP contribution in [-0.4, -0.2) is 32.4 Å². The zero-order valence-corrected chi connectivity index (χ0v) is 18.7. The zero-order chi connectivity index (χ0) is 23.7. The van der Waals surface area contributed by atoms with E-state index in [-0.39, 0.29) is 41.4 Å². The number of ether oxygens (including phenoxy) is 2. The molecular formula is C24H21F2N3O4S. The second-order valence-corrected chi connectivity index (χ2v) is 9.60. The molecule has 0 amide bonds. The van der Waals surface area contributed by atoms with Crippen LogP contribution < -0.4 is 0 Å². The van der Waals surface area contributed by atoms with Crippen LogP contribution in [0.2, 0.25) is 0 Å². The monoisotopic (exact) mass is 485 g/mol. The second-order valence-electron chi connectivity index (χ2n) is 8.37. The molecule has 34 heavy (non-hydrogen) atoms. The zero-order valence-electron chi connectivity index (χ0n) is 17.9. The summed E-state index contributed by atoms with van der Waals surface area (Å²) in [5.41, 5.74) is 0.574. The van der Waals surface area contributed by atoms with E-state index in [1.54, 1.807) is 36.4 Å². The summed E-state index contributed by atoms with van der Waals surface area (Å²) < 4.78 is 38.6. The fourth-order valence-corrected chi connectivity index (χ4v) is 6.05. The highest BCUT2D eigenvalue weighted by molar-refractivity contribution is 7.99. The molecule has 2 aliphatic rings. The first-order valence-electron chi connectivity index (χ1n) is 10.8. The van der Waals surface area contributed by atoms with Crippen molar-refractivity contribution in [2.24, 2.45) is 23.7 Å². The smallest absolute Gasteiger partial charge is 0.309 e. The van der Waals surface area contributed by atoms with Crippen molar-refractivity contribution < 1.29 is 27.8 Å². The number of halogens is 2. The maximum atomic E-state index is 13.9. The first kappa shape index (κ1) is 22.5. The molecule has 0 aliphatic heterocycles. The number of nitrogens with zero attached hydrogens (tertiary/aromatic N) is 2. The Bertz CT molecular complexity index is 1190. The van der Waals surface area contributed by atoms with Crippen molar-refractivity contribution in [3.8, 4) is 0 Å². The Morgan fingerprint density at radius 2 is 1.56 bits per heavy atom. The third-order valence-corrected chi connectivity index (χ3v) is 7.63. The minimum Gasteiger partial charge on any atom is -0.460 e. The highest BCUT2D eigenvalue weighted by atomic mass is 32.2. The van der Waals surface area contributed by atoms with E-state index in [0.717, 1.165) is 0 Å². The predicted molar refractivity (Wildman–Crippen MR) is 117 cm³/mol. The van der Waals surface area contributed by atoms with Crippen LogP contribution in [-0.2, 0) is 32.3 Å². The number of rotatable bonds is 8. The van der Waals surface area contributed by atoms with Gasteiger partial charge >= 0.3 is 11.9 Å². The van der Waals surface area contributed by atoms with Crippen molar-refractivity contribution in [2.45, 2.75) is 30.0 Å². The van der Waals surface area contributed by atoms with E-state index < -0.39 is 35.4 Å². The Hall–Kier alpha value is -3.27. The van der Waals surface area contributed by atoms with Gasteiger partial charge in [0.1, 0.15) is 31.2 Å². The lowest BCUT2D eigenvalue weighted by Crippen LogP contribution is -2.24. The lowest BCUT2D eigenvalue weighted by Gasteiger charge is -2.18. The Labute approximate surface area is 198 Å². The minimum absolute atomic E-state index is 0.0741. The van der Waals surface area contributed by atoms with Gasteiger partial charge in [0.05, 0.1) is 11.8 Å². The molecule has 2 aliphatic carbocycles. The van der Waals surface area contributed by atoms with Crippen LogP contribution in [0.25, 0.3) is 0 Å². The fourth-order valence-electron chi connectivity index (χ4n) is 4.74. The number of hydrogen-bond acceptors (Lipinski definition) is 7. The number of carbonyl (C=O) groups excluding carboxylic acids is 2. The van der Waals surface area contributed by atoms with Crippen LogP contribution in [0, 0.1) is 35.3 Å². The molecule has 2 aromatic carbocycles. The Kier molecular flexibility index (Phi) is 6.32. The van der Waals surface area contributed by atoms with E-state index in [1.807, 2.05) is 0 Å². The number of nitrogens with one attached hydrogen (secondary N) is 1. The molecule has 0 spiro atoms. The molecule has 10 heteroatoms. The summed E-state index contributed by atoms with van der Waals surface area (Å²) in [4.78, 5) is 29.9. The standard InChI is InChI=1S/C24H21F2N3O4S/c25-16-7-3-1-5-13(16)10-32-22(30)15-9-18(34-24-27-12-28-29-24)20-19(15)21(20)23(31)33-11-14-6-2-4-8-17(14)26/h1-8,12,15,18-21H,9-11H2,(H,27,28,29). The SMILES string of the molecule is O=C(OCc1ccccc1F)C1CC(Sc2ncn[nH]2)C2C(C(=O)OCc3ccccc3F)C12. The van der Waals surface area contributed by atoms with E-state index in [9.17, 15) is 18.4 Å². The van der Waals surface area contributed by atoms with Gasteiger partial charge in [-0.3, -0.25) is 14.7 Å². The number of hydrogen-bond donors (Lipinski definition) is 1. The van der Waals surface area contributed by atoms with E-state index in [2.05, 4.69) is 15.2 Å². The number of aromatic amines is 1. The summed E-state index contributed by atoms with van der Waals surface area (Å²) in [5.74, 6) is -3.19. The summed E-state index contributed by atoms with van der Waals surface area (Å²) in [7, 11) is 0. The molecule has 5 atom stereocenters.